The molecule has 1 aromatic carbocycles. The first-order valence-corrected chi connectivity index (χ1v) is 6.58. The molecule has 0 aliphatic carbocycles. The number of aromatic nitrogens is 1. The lowest BCUT2D eigenvalue weighted by Gasteiger charge is -2.10. The van der Waals surface area contributed by atoms with Gasteiger partial charge in [0, 0.05) is 24.5 Å². The van der Waals surface area contributed by atoms with Crippen LogP contribution in [0, 0.1) is 0 Å². The zero-order chi connectivity index (χ0) is 14.4. The van der Waals surface area contributed by atoms with Gasteiger partial charge >= 0.3 is 0 Å². The normalized spacial score (nSPS) is 10.1. The van der Waals surface area contributed by atoms with Gasteiger partial charge in [-0.25, -0.2) is 0 Å². The maximum absolute atomic E-state index is 12.1. The highest BCUT2D eigenvalue weighted by molar-refractivity contribution is 5.94. The molecule has 1 N–H and O–H groups in total. The second-order valence-electron chi connectivity index (χ2n) is 4.42. The summed E-state index contributed by atoms with van der Waals surface area (Å²) in [7, 11) is 1.64. The van der Waals surface area contributed by atoms with Gasteiger partial charge < -0.3 is 10.1 Å². The zero-order valence-corrected chi connectivity index (χ0v) is 11.7. The number of hydrogen-bond acceptors (Lipinski definition) is 3. The highest BCUT2D eigenvalue weighted by atomic mass is 16.5. The Bertz CT molecular complexity index is 582. The number of nitrogens with one attached hydrogen (secondary N) is 1. The van der Waals surface area contributed by atoms with Crippen molar-refractivity contribution in [2.75, 3.05) is 7.11 Å². The summed E-state index contributed by atoms with van der Waals surface area (Å²) in [6, 6.07) is 9.25. The molecule has 0 aliphatic rings. The Morgan fingerprint density at radius 3 is 2.65 bits per heavy atom. The largest absolute Gasteiger partial charge is 0.496 e. The maximum Gasteiger partial charge on any atom is 0.251 e. The number of nitrogens with zero attached hydrogens (tertiary/aromatic N) is 1. The van der Waals surface area contributed by atoms with Crippen molar-refractivity contribution in [3.63, 3.8) is 0 Å². The van der Waals surface area contributed by atoms with Crippen LogP contribution in [0.5, 0.6) is 5.75 Å². The molecular formula is C16H18N2O2. The van der Waals surface area contributed by atoms with Crippen LogP contribution < -0.4 is 10.1 Å². The predicted octanol–water partition coefficient (Wildman–Crippen LogP) is 2.58. The summed E-state index contributed by atoms with van der Waals surface area (Å²) in [5, 5.41) is 2.90. The number of ether oxygens (including phenoxy) is 1. The first-order chi connectivity index (χ1) is 9.74. The highest BCUT2D eigenvalue weighted by Gasteiger charge is 2.09. The van der Waals surface area contributed by atoms with Crippen molar-refractivity contribution in [2.45, 2.75) is 19.9 Å². The van der Waals surface area contributed by atoms with E-state index in [2.05, 4.69) is 10.3 Å². The molecule has 0 radical (unpaired) electrons. The fraction of sp³-hybridized carbons (Fsp3) is 0.250. The SMILES string of the molecule is CCc1cc(C(=O)NCc2ccncc2)ccc1OC. The summed E-state index contributed by atoms with van der Waals surface area (Å²) < 4.78 is 5.26. The number of aryl methyl sites for hydroxylation is 1. The van der Waals surface area contributed by atoms with Crippen molar-refractivity contribution in [1.29, 1.82) is 0 Å². The Morgan fingerprint density at radius 1 is 1.25 bits per heavy atom. The molecule has 4 heteroatoms. The van der Waals surface area contributed by atoms with E-state index >= 15 is 0 Å². The first kappa shape index (κ1) is 14.1. The fourth-order valence-electron chi connectivity index (χ4n) is 1.98. The Labute approximate surface area is 118 Å². The van der Waals surface area contributed by atoms with Crippen molar-refractivity contribution in [2.24, 2.45) is 0 Å². The van der Waals surface area contributed by atoms with Crippen LogP contribution in [0.15, 0.2) is 42.7 Å². The van der Waals surface area contributed by atoms with Gasteiger partial charge in [0.15, 0.2) is 0 Å². The quantitative estimate of drug-likeness (QED) is 0.908. The molecule has 20 heavy (non-hydrogen) atoms. The molecule has 0 bridgehead atoms. The minimum absolute atomic E-state index is 0.0841. The highest BCUT2D eigenvalue weighted by Crippen LogP contribution is 2.20. The first-order valence-electron chi connectivity index (χ1n) is 6.58. The van der Waals surface area contributed by atoms with Gasteiger partial charge in [-0.15, -0.1) is 0 Å². The maximum atomic E-state index is 12.1. The monoisotopic (exact) mass is 270 g/mol. The summed E-state index contributed by atoms with van der Waals surface area (Å²) in [6.07, 6.45) is 4.25. The van der Waals surface area contributed by atoms with Crippen LogP contribution in [0.2, 0.25) is 0 Å². The Morgan fingerprint density at radius 2 is 2.00 bits per heavy atom. The minimum Gasteiger partial charge on any atom is -0.496 e. The predicted molar refractivity (Wildman–Crippen MR) is 77.8 cm³/mol. The molecule has 1 heterocycles. The second-order valence-corrected chi connectivity index (χ2v) is 4.42. The van der Waals surface area contributed by atoms with Crippen LogP contribution in [-0.2, 0) is 13.0 Å². The van der Waals surface area contributed by atoms with Gasteiger partial charge in [-0.1, -0.05) is 6.92 Å². The third-order valence-corrected chi connectivity index (χ3v) is 3.13. The molecule has 2 rings (SSSR count). The molecule has 2 aromatic rings. The van der Waals surface area contributed by atoms with E-state index in [0.717, 1.165) is 23.3 Å². The molecule has 4 nitrogen and oxygen atoms in total. The number of hydrogen-bond donors (Lipinski definition) is 1. The lowest BCUT2D eigenvalue weighted by molar-refractivity contribution is 0.0951. The molecule has 0 fully saturated rings. The Kier molecular flexibility index (Phi) is 4.71. The van der Waals surface area contributed by atoms with E-state index in [-0.39, 0.29) is 5.91 Å². The van der Waals surface area contributed by atoms with Crippen molar-refractivity contribution in [3.05, 3.63) is 59.4 Å². The van der Waals surface area contributed by atoms with Gasteiger partial charge in [0.05, 0.1) is 7.11 Å². The summed E-state index contributed by atoms with van der Waals surface area (Å²) in [6.45, 7) is 2.53. The average molecular weight is 270 g/mol. The van der Waals surface area contributed by atoms with E-state index in [0.29, 0.717) is 12.1 Å². The number of methoxy groups -OCH3 is 1. The van der Waals surface area contributed by atoms with E-state index < -0.39 is 0 Å². The van der Waals surface area contributed by atoms with Gasteiger partial charge in [0.2, 0.25) is 0 Å². The van der Waals surface area contributed by atoms with E-state index in [1.54, 1.807) is 25.6 Å². The molecule has 0 atom stereocenters. The number of rotatable bonds is 5. The summed E-state index contributed by atoms with van der Waals surface area (Å²) in [5.41, 5.74) is 2.71. The molecule has 1 amide bonds. The third kappa shape index (κ3) is 3.35. The van der Waals surface area contributed by atoms with Gasteiger partial charge in [-0.05, 0) is 47.9 Å². The third-order valence-electron chi connectivity index (χ3n) is 3.13. The van der Waals surface area contributed by atoms with Crippen molar-refractivity contribution >= 4 is 5.91 Å². The lowest BCUT2D eigenvalue weighted by Crippen LogP contribution is -2.22. The fourth-order valence-corrected chi connectivity index (χ4v) is 1.98. The van der Waals surface area contributed by atoms with Crippen LogP contribution in [-0.4, -0.2) is 18.0 Å². The Hall–Kier alpha value is -2.36. The van der Waals surface area contributed by atoms with Crippen LogP contribution >= 0.6 is 0 Å². The van der Waals surface area contributed by atoms with E-state index in [9.17, 15) is 4.79 Å². The van der Waals surface area contributed by atoms with Crippen LogP contribution in [0.4, 0.5) is 0 Å². The standard InChI is InChI=1S/C16H18N2O2/c1-3-13-10-14(4-5-15(13)20-2)16(19)18-11-12-6-8-17-9-7-12/h4-10H,3,11H2,1-2H3,(H,18,19). The van der Waals surface area contributed by atoms with Crippen LogP contribution in [0.1, 0.15) is 28.4 Å². The number of carbonyl (C=O) groups excluding carboxylic acids is 1. The molecule has 1 aromatic heterocycles. The average Bonchev–Trinajstić information content (AvgIpc) is 2.52. The van der Waals surface area contributed by atoms with Crippen molar-refractivity contribution in [1.82, 2.24) is 10.3 Å². The summed E-state index contributed by atoms with van der Waals surface area (Å²) in [4.78, 5) is 16.1. The van der Waals surface area contributed by atoms with Gasteiger partial charge in [-0.3, -0.25) is 9.78 Å². The molecular weight excluding hydrogens is 252 g/mol. The Balaban J connectivity index is 2.06. The van der Waals surface area contributed by atoms with E-state index in [4.69, 9.17) is 4.74 Å². The summed E-state index contributed by atoms with van der Waals surface area (Å²) in [5.74, 6) is 0.734. The van der Waals surface area contributed by atoms with E-state index in [1.807, 2.05) is 31.2 Å². The van der Waals surface area contributed by atoms with Crippen LogP contribution in [0.3, 0.4) is 0 Å². The van der Waals surface area contributed by atoms with Crippen LogP contribution in [0.25, 0.3) is 0 Å². The van der Waals surface area contributed by atoms with Gasteiger partial charge in [0.1, 0.15) is 5.75 Å². The topological polar surface area (TPSA) is 51.2 Å². The van der Waals surface area contributed by atoms with Gasteiger partial charge in [0.25, 0.3) is 5.91 Å². The molecule has 0 saturated carbocycles. The van der Waals surface area contributed by atoms with Gasteiger partial charge in [-0.2, -0.15) is 0 Å². The smallest absolute Gasteiger partial charge is 0.251 e. The number of benzene rings is 1. The van der Waals surface area contributed by atoms with E-state index in [1.165, 1.54) is 0 Å². The summed E-state index contributed by atoms with van der Waals surface area (Å²) >= 11 is 0. The molecule has 104 valence electrons. The second kappa shape index (κ2) is 6.70. The molecule has 0 spiro atoms. The minimum atomic E-state index is -0.0841. The molecule has 0 aliphatic heterocycles. The lowest BCUT2D eigenvalue weighted by atomic mass is 10.1. The number of carbonyl (C=O) groups is 1. The zero-order valence-electron chi connectivity index (χ0n) is 11.7. The molecule has 0 unspecified atom stereocenters. The van der Waals surface area contributed by atoms with Crippen molar-refractivity contribution < 1.29 is 9.53 Å². The molecule has 0 saturated heterocycles. The van der Waals surface area contributed by atoms with Crippen molar-refractivity contribution in [3.8, 4) is 5.75 Å². The number of pyridine rings is 1. The number of amides is 1.